The molecule has 3 rings (SSSR count). The molecule has 3 atom stereocenters. The zero-order chi connectivity index (χ0) is 8.84. The lowest BCUT2D eigenvalue weighted by Crippen LogP contribution is -2.21. The van der Waals surface area contributed by atoms with Crippen molar-refractivity contribution in [2.24, 2.45) is 0 Å². The molecule has 5 heteroatoms. The van der Waals surface area contributed by atoms with E-state index in [2.05, 4.69) is 15.5 Å². The van der Waals surface area contributed by atoms with Gasteiger partial charge in [-0.1, -0.05) is 5.10 Å². The van der Waals surface area contributed by atoms with Crippen molar-refractivity contribution >= 4 is 0 Å². The first kappa shape index (κ1) is 7.44. The van der Waals surface area contributed by atoms with Gasteiger partial charge >= 0.3 is 6.14 Å². The molecule has 0 radical (unpaired) electrons. The molecule has 3 unspecified atom stereocenters. The van der Waals surface area contributed by atoms with E-state index in [1.807, 2.05) is 0 Å². The molecule has 0 aliphatic carbocycles. The van der Waals surface area contributed by atoms with Crippen LogP contribution in [0.2, 0.25) is 0 Å². The monoisotopic (exact) mass is 183 g/mol. The van der Waals surface area contributed by atoms with E-state index in [-0.39, 0.29) is 5.92 Å². The van der Waals surface area contributed by atoms with Crippen LogP contribution >= 0.6 is 0 Å². The summed E-state index contributed by atoms with van der Waals surface area (Å²) in [5, 5.41) is 10.4. The van der Waals surface area contributed by atoms with Crippen molar-refractivity contribution in [2.45, 2.75) is 37.3 Å². The van der Waals surface area contributed by atoms with E-state index < -0.39 is 6.14 Å². The third kappa shape index (κ3) is 1.07. The molecule has 2 aliphatic rings. The number of nitrogens with one attached hydrogen (secondary N) is 1. The minimum absolute atomic E-state index is 0.232. The van der Waals surface area contributed by atoms with E-state index in [4.69, 9.17) is 4.42 Å². The molecule has 70 valence electrons. The second kappa shape index (κ2) is 2.51. The zero-order valence-corrected chi connectivity index (χ0v) is 7.03. The minimum Gasteiger partial charge on any atom is -0.399 e. The van der Waals surface area contributed by atoms with Crippen molar-refractivity contribution in [3.63, 3.8) is 0 Å². The van der Waals surface area contributed by atoms with Crippen molar-refractivity contribution in [1.82, 2.24) is 15.5 Å². The molecule has 1 aromatic heterocycles. The third-order valence-electron chi connectivity index (χ3n) is 3.03. The van der Waals surface area contributed by atoms with Gasteiger partial charge in [0.1, 0.15) is 0 Å². The normalized spacial score (nSPS) is 37.2. The van der Waals surface area contributed by atoms with Crippen molar-refractivity contribution < 1.29 is 8.81 Å². The molecule has 1 aromatic rings. The largest absolute Gasteiger partial charge is 0.402 e. The van der Waals surface area contributed by atoms with E-state index in [0.29, 0.717) is 18.0 Å². The van der Waals surface area contributed by atoms with Gasteiger partial charge in [0, 0.05) is 12.1 Å². The smallest absolute Gasteiger partial charge is 0.399 e. The first-order chi connectivity index (χ1) is 6.33. The van der Waals surface area contributed by atoms with Gasteiger partial charge in [0.05, 0.1) is 5.92 Å². The highest BCUT2D eigenvalue weighted by Crippen LogP contribution is 2.39. The molecule has 13 heavy (non-hydrogen) atoms. The SMILES string of the molecule is Fc1nnc(C2CC3CCC2N3)o1. The number of aromatic nitrogens is 2. The van der Waals surface area contributed by atoms with Crippen LogP contribution in [-0.2, 0) is 0 Å². The number of hydrogen-bond donors (Lipinski definition) is 1. The Morgan fingerprint density at radius 2 is 2.31 bits per heavy atom. The fourth-order valence-electron chi connectivity index (χ4n) is 2.46. The van der Waals surface area contributed by atoms with Gasteiger partial charge in [-0.05, 0) is 19.3 Å². The van der Waals surface area contributed by atoms with Crippen LogP contribution in [0.4, 0.5) is 4.39 Å². The van der Waals surface area contributed by atoms with Crippen LogP contribution in [0, 0.1) is 6.14 Å². The quantitative estimate of drug-likeness (QED) is 0.700. The molecule has 0 amide bonds. The van der Waals surface area contributed by atoms with Crippen LogP contribution in [0.3, 0.4) is 0 Å². The van der Waals surface area contributed by atoms with Gasteiger partial charge in [-0.2, -0.15) is 0 Å². The highest BCUT2D eigenvalue weighted by atomic mass is 19.1. The van der Waals surface area contributed by atoms with Crippen LogP contribution < -0.4 is 5.32 Å². The summed E-state index contributed by atoms with van der Waals surface area (Å²) in [4.78, 5) is 0. The number of nitrogens with zero attached hydrogens (tertiary/aromatic N) is 2. The molecule has 0 saturated carbocycles. The van der Waals surface area contributed by atoms with Crippen molar-refractivity contribution in [1.29, 1.82) is 0 Å². The topological polar surface area (TPSA) is 51.0 Å². The summed E-state index contributed by atoms with van der Waals surface area (Å²) in [6.07, 6.45) is 2.54. The van der Waals surface area contributed by atoms with Crippen molar-refractivity contribution in [3.8, 4) is 0 Å². The van der Waals surface area contributed by atoms with Gasteiger partial charge in [0.15, 0.2) is 0 Å². The summed E-state index contributed by atoms with van der Waals surface area (Å²) in [6.45, 7) is 0. The summed E-state index contributed by atoms with van der Waals surface area (Å²) in [5.41, 5.74) is 0. The molecular weight excluding hydrogens is 173 g/mol. The van der Waals surface area contributed by atoms with E-state index in [1.165, 1.54) is 6.42 Å². The number of fused-ring (bicyclic) bond motifs is 2. The highest BCUT2D eigenvalue weighted by Gasteiger charge is 2.42. The summed E-state index contributed by atoms with van der Waals surface area (Å²) >= 11 is 0. The second-order valence-electron chi connectivity index (χ2n) is 3.78. The predicted octanol–water partition coefficient (Wildman–Crippen LogP) is 0.817. The maximum Gasteiger partial charge on any atom is 0.402 e. The molecule has 2 saturated heterocycles. The third-order valence-corrected chi connectivity index (χ3v) is 3.03. The van der Waals surface area contributed by atoms with Gasteiger partial charge in [0.25, 0.3) is 0 Å². The fraction of sp³-hybridized carbons (Fsp3) is 0.750. The highest BCUT2D eigenvalue weighted by molar-refractivity contribution is 5.08. The Kier molecular flexibility index (Phi) is 1.44. The standard InChI is InChI=1S/C8H10FN3O/c9-8-12-11-7(13-8)5-3-4-1-2-6(5)10-4/h4-6,10H,1-3H2. The van der Waals surface area contributed by atoms with E-state index >= 15 is 0 Å². The molecule has 2 bridgehead atoms. The molecule has 0 spiro atoms. The predicted molar refractivity (Wildman–Crippen MR) is 41.6 cm³/mol. The Bertz CT molecular complexity index is 327. The molecule has 2 fully saturated rings. The molecular formula is C8H10FN3O. The van der Waals surface area contributed by atoms with Gasteiger partial charge < -0.3 is 9.73 Å². The number of rotatable bonds is 1. The molecule has 0 aromatic carbocycles. The maximum absolute atomic E-state index is 12.5. The second-order valence-corrected chi connectivity index (χ2v) is 3.78. The Morgan fingerprint density at radius 1 is 1.38 bits per heavy atom. The Morgan fingerprint density at radius 3 is 2.85 bits per heavy atom. The van der Waals surface area contributed by atoms with E-state index in [0.717, 1.165) is 12.8 Å². The zero-order valence-electron chi connectivity index (χ0n) is 7.03. The van der Waals surface area contributed by atoms with Crippen LogP contribution in [0.5, 0.6) is 0 Å². The first-order valence-electron chi connectivity index (χ1n) is 4.58. The summed E-state index contributed by atoms with van der Waals surface area (Å²) in [5.74, 6) is 0.688. The lowest BCUT2D eigenvalue weighted by molar-refractivity contribution is 0.294. The lowest BCUT2D eigenvalue weighted by Gasteiger charge is -2.15. The molecule has 2 aliphatic heterocycles. The Labute approximate surface area is 74.5 Å². The minimum atomic E-state index is -0.822. The van der Waals surface area contributed by atoms with E-state index in [9.17, 15) is 4.39 Å². The summed E-state index contributed by atoms with van der Waals surface area (Å²) in [7, 11) is 0. The fourth-order valence-corrected chi connectivity index (χ4v) is 2.46. The lowest BCUT2D eigenvalue weighted by atomic mass is 9.89. The number of hydrogen-bond acceptors (Lipinski definition) is 4. The van der Waals surface area contributed by atoms with Crippen LogP contribution in [0.1, 0.15) is 31.1 Å². The van der Waals surface area contributed by atoms with Crippen molar-refractivity contribution in [2.75, 3.05) is 0 Å². The summed E-state index contributed by atoms with van der Waals surface area (Å²) < 4.78 is 17.3. The average molecular weight is 183 g/mol. The van der Waals surface area contributed by atoms with Gasteiger partial charge in [0.2, 0.25) is 5.89 Å². The number of halogens is 1. The van der Waals surface area contributed by atoms with E-state index in [1.54, 1.807) is 0 Å². The Balaban J connectivity index is 1.87. The van der Waals surface area contributed by atoms with Gasteiger partial charge in [-0.3, -0.25) is 0 Å². The summed E-state index contributed by atoms with van der Waals surface area (Å²) in [6, 6.07) is 0.995. The van der Waals surface area contributed by atoms with Crippen LogP contribution in [0.25, 0.3) is 0 Å². The van der Waals surface area contributed by atoms with Crippen LogP contribution in [-0.4, -0.2) is 22.3 Å². The van der Waals surface area contributed by atoms with Gasteiger partial charge in [-0.15, -0.1) is 9.49 Å². The van der Waals surface area contributed by atoms with Crippen LogP contribution in [0.15, 0.2) is 4.42 Å². The first-order valence-corrected chi connectivity index (χ1v) is 4.58. The average Bonchev–Trinajstić information content (AvgIpc) is 2.77. The van der Waals surface area contributed by atoms with Gasteiger partial charge in [-0.25, -0.2) is 0 Å². The molecule has 3 heterocycles. The van der Waals surface area contributed by atoms with Crippen molar-refractivity contribution in [3.05, 3.63) is 12.0 Å². The molecule has 4 nitrogen and oxygen atoms in total. The maximum atomic E-state index is 12.5. The Hall–Kier alpha value is -0.970. The molecule has 1 N–H and O–H groups in total.